The number of hydrogen-bond acceptors (Lipinski definition) is 2. The van der Waals surface area contributed by atoms with Gasteiger partial charge in [0.1, 0.15) is 0 Å². The van der Waals surface area contributed by atoms with Crippen molar-refractivity contribution in [3.8, 4) is 0 Å². The highest BCUT2D eigenvalue weighted by atomic mass is 16.4. The van der Waals surface area contributed by atoms with Gasteiger partial charge in [0.2, 0.25) is 0 Å². The highest BCUT2D eigenvalue weighted by Gasteiger charge is 2.04. The second kappa shape index (κ2) is 8.57. The van der Waals surface area contributed by atoms with Crippen LogP contribution in [-0.4, -0.2) is 16.2 Å². The zero-order chi connectivity index (χ0) is 14.1. The Kier molecular flexibility index (Phi) is 7.01. The number of carboxylic acids is 1. The molecule has 1 rings (SSSR count). The van der Waals surface area contributed by atoms with Crippen LogP contribution in [0.5, 0.6) is 0 Å². The summed E-state index contributed by atoms with van der Waals surface area (Å²) in [6.07, 6.45) is 13.0. The molecule has 0 fully saturated rings. The topological polar surface area (TPSA) is 57.5 Å². The predicted molar refractivity (Wildman–Crippen MR) is 77.1 cm³/mol. The highest BCUT2D eigenvalue weighted by Crippen LogP contribution is 2.20. The summed E-state index contributed by atoms with van der Waals surface area (Å²) < 4.78 is 0. The Morgan fingerprint density at radius 2 is 1.53 bits per heavy atom. The van der Waals surface area contributed by atoms with Gasteiger partial charge in [0.05, 0.1) is 5.76 Å². The van der Waals surface area contributed by atoms with Crippen LogP contribution in [0.15, 0.2) is 35.1 Å². The Labute approximate surface area is 115 Å². The third kappa shape index (κ3) is 6.85. The molecule has 0 amide bonds. The Bertz CT molecular complexity index is 389. The molecule has 106 valence electrons. The SMILES string of the molecule is CC1=CC(=C(O)CCCCCCCCC(=O)O)C=C1. The monoisotopic (exact) mass is 264 g/mol. The quantitative estimate of drug-likeness (QED) is 0.475. The van der Waals surface area contributed by atoms with E-state index in [0.29, 0.717) is 5.76 Å². The molecule has 1 aliphatic carbocycles. The summed E-state index contributed by atoms with van der Waals surface area (Å²) in [6, 6.07) is 0. The third-order valence-corrected chi connectivity index (χ3v) is 3.30. The summed E-state index contributed by atoms with van der Waals surface area (Å²) in [5.41, 5.74) is 2.12. The van der Waals surface area contributed by atoms with Crippen molar-refractivity contribution in [2.45, 2.75) is 58.3 Å². The van der Waals surface area contributed by atoms with E-state index < -0.39 is 5.97 Å². The first kappa shape index (κ1) is 15.5. The van der Waals surface area contributed by atoms with E-state index >= 15 is 0 Å². The molecule has 19 heavy (non-hydrogen) atoms. The second-order valence-corrected chi connectivity index (χ2v) is 5.14. The maximum atomic E-state index is 10.3. The normalized spacial score (nSPS) is 16.6. The number of rotatable bonds is 9. The average molecular weight is 264 g/mol. The maximum absolute atomic E-state index is 10.3. The van der Waals surface area contributed by atoms with E-state index in [1.54, 1.807) is 0 Å². The predicted octanol–water partition coefficient (Wildman–Crippen LogP) is 4.52. The minimum Gasteiger partial charge on any atom is -0.512 e. The van der Waals surface area contributed by atoms with Crippen molar-refractivity contribution in [1.82, 2.24) is 0 Å². The third-order valence-electron chi connectivity index (χ3n) is 3.30. The van der Waals surface area contributed by atoms with E-state index in [-0.39, 0.29) is 6.42 Å². The first-order valence-corrected chi connectivity index (χ1v) is 7.10. The fourth-order valence-electron chi connectivity index (χ4n) is 2.16. The molecule has 0 saturated carbocycles. The Morgan fingerprint density at radius 3 is 2.05 bits per heavy atom. The van der Waals surface area contributed by atoms with Crippen LogP contribution in [0.25, 0.3) is 0 Å². The van der Waals surface area contributed by atoms with Gasteiger partial charge in [0, 0.05) is 18.4 Å². The van der Waals surface area contributed by atoms with Crippen LogP contribution in [0.3, 0.4) is 0 Å². The van der Waals surface area contributed by atoms with Crippen molar-refractivity contribution >= 4 is 5.97 Å². The summed E-state index contributed by atoms with van der Waals surface area (Å²) in [6.45, 7) is 2.02. The van der Waals surface area contributed by atoms with E-state index in [4.69, 9.17) is 5.11 Å². The van der Waals surface area contributed by atoms with Gasteiger partial charge in [0.15, 0.2) is 0 Å². The molecule has 0 saturated heterocycles. The van der Waals surface area contributed by atoms with Gasteiger partial charge >= 0.3 is 5.97 Å². The lowest BCUT2D eigenvalue weighted by atomic mass is 10.1. The van der Waals surface area contributed by atoms with Crippen molar-refractivity contribution < 1.29 is 15.0 Å². The second-order valence-electron chi connectivity index (χ2n) is 5.14. The highest BCUT2D eigenvalue weighted by molar-refractivity contribution is 5.66. The van der Waals surface area contributed by atoms with Crippen LogP contribution in [-0.2, 0) is 4.79 Å². The molecule has 0 aromatic rings. The van der Waals surface area contributed by atoms with Gasteiger partial charge in [-0.25, -0.2) is 0 Å². The number of aliphatic hydroxyl groups is 1. The summed E-state index contributed by atoms with van der Waals surface area (Å²) >= 11 is 0. The number of unbranched alkanes of at least 4 members (excludes halogenated alkanes) is 5. The van der Waals surface area contributed by atoms with Crippen LogP contribution in [0, 0.1) is 0 Å². The van der Waals surface area contributed by atoms with E-state index in [2.05, 4.69) is 0 Å². The van der Waals surface area contributed by atoms with Crippen molar-refractivity contribution in [2.24, 2.45) is 0 Å². The lowest BCUT2D eigenvalue weighted by Gasteiger charge is -2.03. The molecule has 0 atom stereocenters. The molecule has 0 spiro atoms. The van der Waals surface area contributed by atoms with Crippen molar-refractivity contribution in [1.29, 1.82) is 0 Å². The molecule has 0 aromatic carbocycles. The molecule has 0 bridgehead atoms. The molecular weight excluding hydrogens is 240 g/mol. The Hall–Kier alpha value is -1.51. The molecule has 3 nitrogen and oxygen atoms in total. The number of carboxylic acid groups (broad SMARTS) is 1. The average Bonchev–Trinajstić information content (AvgIpc) is 2.78. The van der Waals surface area contributed by atoms with Crippen LogP contribution in [0.1, 0.15) is 58.3 Å². The van der Waals surface area contributed by atoms with Gasteiger partial charge in [-0.1, -0.05) is 43.4 Å². The molecule has 0 aromatic heterocycles. The first-order chi connectivity index (χ1) is 9.09. The fourth-order valence-corrected chi connectivity index (χ4v) is 2.16. The summed E-state index contributed by atoms with van der Waals surface area (Å²) in [5, 5.41) is 18.4. The lowest BCUT2D eigenvalue weighted by Crippen LogP contribution is -1.93. The minimum atomic E-state index is -0.704. The molecule has 2 N–H and O–H groups in total. The standard InChI is InChI=1S/C16H24O3/c1-13-10-11-14(12-13)15(17)8-6-4-2-3-5-7-9-16(18)19/h10-12,17H,2-9H2,1H3,(H,18,19). The van der Waals surface area contributed by atoms with Crippen LogP contribution in [0.4, 0.5) is 0 Å². The Balaban J connectivity index is 2.02. The molecule has 0 radical (unpaired) electrons. The molecular formula is C16H24O3. The van der Waals surface area contributed by atoms with E-state index in [9.17, 15) is 9.90 Å². The zero-order valence-corrected chi connectivity index (χ0v) is 11.7. The van der Waals surface area contributed by atoms with E-state index in [1.165, 1.54) is 5.57 Å². The molecule has 0 heterocycles. The van der Waals surface area contributed by atoms with Gasteiger partial charge in [-0.15, -0.1) is 0 Å². The number of hydrogen-bond donors (Lipinski definition) is 2. The number of aliphatic hydroxyl groups excluding tert-OH is 1. The summed E-state index contributed by atoms with van der Waals surface area (Å²) in [7, 11) is 0. The van der Waals surface area contributed by atoms with Gasteiger partial charge in [-0.2, -0.15) is 0 Å². The van der Waals surface area contributed by atoms with Crippen molar-refractivity contribution in [3.05, 3.63) is 35.1 Å². The van der Waals surface area contributed by atoms with Crippen LogP contribution >= 0.6 is 0 Å². The molecule has 3 heteroatoms. The summed E-state index contributed by atoms with van der Waals surface area (Å²) in [4.78, 5) is 10.3. The van der Waals surface area contributed by atoms with Crippen LogP contribution in [0.2, 0.25) is 0 Å². The summed E-state index contributed by atoms with van der Waals surface area (Å²) in [5.74, 6) is -0.219. The van der Waals surface area contributed by atoms with Gasteiger partial charge in [-0.3, -0.25) is 4.79 Å². The van der Waals surface area contributed by atoms with Gasteiger partial charge in [0.25, 0.3) is 0 Å². The largest absolute Gasteiger partial charge is 0.512 e. The molecule has 0 unspecified atom stereocenters. The lowest BCUT2D eigenvalue weighted by molar-refractivity contribution is -0.137. The van der Waals surface area contributed by atoms with Crippen molar-refractivity contribution in [2.75, 3.05) is 0 Å². The molecule has 0 aliphatic heterocycles. The Morgan fingerprint density at radius 1 is 0.947 bits per heavy atom. The first-order valence-electron chi connectivity index (χ1n) is 7.10. The number of aliphatic carboxylic acids is 1. The number of carbonyl (C=O) groups is 1. The maximum Gasteiger partial charge on any atom is 0.303 e. The van der Waals surface area contributed by atoms with Gasteiger partial charge < -0.3 is 10.2 Å². The number of allylic oxidation sites excluding steroid dienone is 6. The van der Waals surface area contributed by atoms with Crippen molar-refractivity contribution in [3.63, 3.8) is 0 Å². The molecule has 1 aliphatic rings. The fraction of sp³-hybridized carbons (Fsp3) is 0.562. The minimum absolute atomic E-state index is 0.283. The van der Waals surface area contributed by atoms with Gasteiger partial charge in [-0.05, 0) is 25.8 Å². The van der Waals surface area contributed by atoms with Crippen LogP contribution < -0.4 is 0 Å². The smallest absolute Gasteiger partial charge is 0.303 e. The van der Waals surface area contributed by atoms with E-state index in [1.807, 2.05) is 25.2 Å². The van der Waals surface area contributed by atoms with E-state index in [0.717, 1.165) is 50.5 Å². The zero-order valence-electron chi connectivity index (χ0n) is 11.7.